The maximum atomic E-state index is 5.54. The number of pyridine rings is 1. The Morgan fingerprint density at radius 1 is 0.534 bits per heavy atom. The van der Waals surface area contributed by atoms with Crippen molar-refractivity contribution in [3.05, 3.63) is 162 Å². The van der Waals surface area contributed by atoms with Crippen LogP contribution in [0.1, 0.15) is 104 Å². The summed E-state index contributed by atoms with van der Waals surface area (Å²) in [5.74, 6) is 0.927. The highest BCUT2D eigenvalue weighted by molar-refractivity contribution is 6.10. The first-order chi connectivity index (χ1) is 27.4. The summed E-state index contributed by atoms with van der Waals surface area (Å²) in [7, 11) is 0. The van der Waals surface area contributed by atoms with Crippen molar-refractivity contribution in [1.29, 1.82) is 0 Å². The summed E-state index contributed by atoms with van der Waals surface area (Å²) in [5.41, 5.74) is 14.7. The van der Waals surface area contributed by atoms with Crippen molar-refractivity contribution in [2.45, 2.75) is 97.8 Å². The van der Waals surface area contributed by atoms with Gasteiger partial charge in [0.15, 0.2) is 0 Å². The molecule has 1 aliphatic rings. The Hall–Kier alpha value is -5.94. The summed E-state index contributed by atoms with van der Waals surface area (Å²) >= 11 is 0. The molecule has 58 heavy (non-hydrogen) atoms. The Labute approximate surface area is 344 Å². The van der Waals surface area contributed by atoms with Crippen LogP contribution in [0.3, 0.4) is 0 Å². The van der Waals surface area contributed by atoms with Crippen LogP contribution in [-0.4, -0.2) is 19.3 Å². The van der Waals surface area contributed by atoms with Crippen molar-refractivity contribution in [3.63, 3.8) is 0 Å². The zero-order valence-corrected chi connectivity index (χ0v) is 35.9. The van der Waals surface area contributed by atoms with Crippen molar-refractivity contribution in [3.8, 4) is 22.6 Å². The zero-order chi connectivity index (χ0) is 40.9. The van der Waals surface area contributed by atoms with Crippen molar-refractivity contribution < 1.29 is 0 Å². The third-order valence-corrected chi connectivity index (χ3v) is 12.1. The highest BCUT2D eigenvalue weighted by Crippen LogP contribution is 2.53. The molecule has 0 saturated heterocycles. The Morgan fingerprint density at radius 2 is 1.19 bits per heavy atom. The standard InChI is InChI=1S/C53H55N5/c1-50(2,3)35-29-30-54-46(31-35)57-42-23-17-15-21-38(42)39-27-25-36(32-44(39)57)56-43-24-18-16-22-40(43)53(10,11)41-28-26-37(33-45(41)56)58-49(52(7,8)9)47(34-19-13-12-14-20-34)48(55-58)51(4,5)6/h12-33H,1-11H3. The molecule has 4 heterocycles. The van der Waals surface area contributed by atoms with Crippen LogP contribution in [0.15, 0.2) is 134 Å². The summed E-state index contributed by atoms with van der Waals surface area (Å²) in [6, 6.07) is 46.8. The van der Waals surface area contributed by atoms with E-state index in [-0.39, 0.29) is 21.7 Å². The van der Waals surface area contributed by atoms with E-state index < -0.39 is 0 Å². The van der Waals surface area contributed by atoms with Gasteiger partial charge in [0, 0.05) is 44.5 Å². The van der Waals surface area contributed by atoms with Gasteiger partial charge in [-0.15, -0.1) is 0 Å². The fourth-order valence-electron chi connectivity index (χ4n) is 9.17. The molecule has 292 valence electrons. The lowest BCUT2D eigenvalue weighted by Gasteiger charge is -2.42. The van der Waals surface area contributed by atoms with Gasteiger partial charge in [0.25, 0.3) is 0 Å². The third kappa shape index (κ3) is 5.97. The number of aromatic nitrogens is 4. The zero-order valence-electron chi connectivity index (χ0n) is 35.9. The van der Waals surface area contributed by atoms with Gasteiger partial charge in [-0.1, -0.05) is 155 Å². The van der Waals surface area contributed by atoms with Gasteiger partial charge < -0.3 is 4.90 Å². The van der Waals surface area contributed by atoms with Crippen LogP contribution in [0.4, 0.5) is 17.1 Å². The van der Waals surface area contributed by atoms with Crippen molar-refractivity contribution >= 4 is 38.9 Å². The molecule has 3 aromatic heterocycles. The molecule has 0 N–H and O–H groups in total. The Balaban J connectivity index is 1.31. The van der Waals surface area contributed by atoms with E-state index in [1.165, 1.54) is 50.0 Å². The van der Waals surface area contributed by atoms with Gasteiger partial charge in [0.1, 0.15) is 5.82 Å². The quantitative estimate of drug-likeness (QED) is 0.179. The van der Waals surface area contributed by atoms with Gasteiger partial charge in [-0.3, -0.25) is 4.57 Å². The molecule has 0 aliphatic carbocycles. The van der Waals surface area contributed by atoms with Gasteiger partial charge >= 0.3 is 0 Å². The van der Waals surface area contributed by atoms with Crippen LogP contribution in [0.25, 0.3) is 44.4 Å². The molecule has 0 fully saturated rings. The minimum absolute atomic E-state index is 0.00964. The molecule has 0 spiro atoms. The van der Waals surface area contributed by atoms with Crippen LogP contribution in [0, 0.1) is 0 Å². The highest BCUT2D eigenvalue weighted by atomic mass is 15.3. The number of rotatable bonds is 4. The summed E-state index contributed by atoms with van der Waals surface area (Å²) < 4.78 is 4.59. The average molecular weight is 762 g/mol. The normalized spacial score (nSPS) is 14.2. The maximum absolute atomic E-state index is 5.54. The summed E-state index contributed by atoms with van der Waals surface area (Å²) in [6.45, 7) is 25.3. The lowest BCUT2D eigenvalue weighted by molar-refractivity contribution is 0.537. The first-order valence-electron chi connectivity index (χ1n) is 20.7. The summed E-state index contributed by atoms with van der Waals surface area (Å²) in [6.07, 6.45) is 1.95. The second kappa shape index (κ2) is 13.0. The first-order valence-corrected chi connectivity index (χ1v) is 20.7. The lowest BCUT2D eigenvalue weighted by atomic mass is 9.73. The van der Waals surface area contributed by atoms with Crippen molar-refractivity contribution in [2.75, 3.05) is 4.90 Å². The molecule has 0 radical (unpaired) electrons. The molecule has 0 bridgehead atoms. The van der Waals surface area contributed by atoms with Crippen LogP contribution >= 0.6 is 0 Å². The van der Waals surface area contributed by atoms with E-state index in [0.717, 1.165) is 39.6 Å². The van der Waals surface area contributed by atoms with Gasteiger partial charge in [-0.2, -0.15) is 5.10 Å². The van der Waals surface area contributed by atoms with E-state index in [0.29, 0.717) is 0 Å². The summed E-state index contributed by atoms with van der Waals surface area (Å²) in [5, 5.41) is 7.96. The monoisotopic (exact) mass is 761 g/mol. The molecule has 1 aliphatic heterocycles. The van der Waals surface area contributed by atoms with E-state index in [1.807, 2.05) is 6.20 Å². The van der Waals surface area contributed by atoms with Gasteiger partial charge in [0.05, 0.1) is 39.5 Å². The van der Waals surface area contributed by atoms with Crippen LogP contribution in [0.5, 0.6) is 0 Å². The number of nitrogens with zero attached hydrogens (tertiary/aromatic N) is 5. The lowest BCUT2D eigenvalue weighted by Crippen LogP contribution is -2.31. The van der Waals surface area contributed by atoms with Crippen molar-refractivity contribution in [1.82, 2.24) is 19.3 Å². The van der Waals surface area contributed by atoms with E-state index in [2.05, 4.69) is 218 Å². The minimum Gasteiger partial charge on any atom is -0.310 e. The smallest absolute Gasteiger partial charge is 0.137 e. The molecular formula is C53H55N5. The van der Waals surface area contributed by atoms with E-state index in [4.69, 9.17) is 10.1 Å². The molecule has 5 nitrogen and oxygen atoms in total. The van der Waals surface area contributed by atoms with E-state index >= 15 is 0 Å². The number of para-hydroxylation sites is 2. The number of anilines is 3. The van der Waals surface area contributed by atoms with Gasteiger partial charge in [-0.25, -0.2) is 9.67 Å². The molecule has 8 aromatic rings. The second-order valence-electron chi connectivity index (χ2n) is 19.7. The number of hydrogen-bond donors (Lipinski definition) is 0. The predicted octanol–water partition coefficient (Wildman–Crippen LogP) is 14.0. The number of hydrogen-bond acceptors (Lipinski definition) is 3. The number of fused-ring (bicyclic) bond motifs is 5. The predicted molar refractivity (Wildman–Crippen MR) is 244 cm³/mol. The fraction of sp³-hybridized carbons (Fsp3) is 0.283. The minimum atomic E-state index is -0.236. The van der Waals surface area contributed by atoms with Gasteiger partial charge in [0.2, 0.25) is 0 Å². The third-order valence-electron chi connectivity index (χ3n) is 12.1. The Bertz CT molecular complexity index is 2870. The molecule has 0 amide bonds. The second-order valence-corrected chi connectivity index (χ2v) is 19.7. The topological polar surface area (TPSA) is 38.9 Å². The molecule has 0 saturated carbocycles. The molecule has 5 aromatic carbocycles. The van der Waals surface area contributed by atoms with Crippen LogP contribution < -0.4 is 4.90 Å². The molecular weight excluding hydrogens is 707 g/mol. The SMILES string of the molecule is CC(C)(C)c1ccnc(-n2c3ccccc3c3ccc(N4c5ccccc5C(C)(C)c5ccc(-n6nc(C(C)(C)C)c(-c7ccccc7)c6C(C)(C)C)cc54)cc32)c1. The number of benzene rings is 5. The Morgan fingerprint density at radius 3 is 1.91 bits per heavy atom. The van der Waals surface area contributed by atoms with Crippen LogP contribution in [0.2, 0.25) is 0 Å². The van der Waals surface area contributed by atoms with Gasteiger partial charge in [-0.05, 0) is 76.2 Å². The van der Waals surface area contributed by atoms with E-state index in [9.17, 15) is 0 Å². The maximum Gasteiger partial charge on any atom is 0.137 e. The molecule has 5 heteroatoms. The largest absolute Gasteiger partial charge is 0.310 e. The van der Waals surface area contributed by atoms with E-state index in [1.54, 1.807) is 0 Å². The summed E-state index contributed by atoms with van der Waals surface area (Å²) in [4.78, 5) is 7.46. The molecule has 0 atom stereocenters. The highest BCUT2D eigenvalue weighted by Gasteiger charge is 2.39. The molecule has 9 rings (SSSR count). The average Bonchev–Trinajstić information content (AvgIpc) is 3.76. The van der Waals surface area contributed by atoms with Crippen molar-refractivity contribution in [2.24, 2.45) is 0 Å². The fourth-order valence-corrected chi connectivity index (χ4v) is 9.17. The molecule has 0 unspecified atom stereocenters. The van der Waals surface area contributed by atoms with Crippen LogP contribution in [-0.2, 0) is 21.7 Å². The Kier molecular flexibility index (Phi) is 8.46. The first kappa shape index (κ1) is 37.6.